The fourth-order valence-corrected chi connectivity index (χ4v) is 3.00. The molecule has 0 radical (unpaired) electrons. The number of aromatic nitrogens is 1. The highest BCUT2D eigenvalue weighted by Crippen LogP contribution is 2.40. The molecule has 0 saturated heterocycles. The summed E-state index contributed by atoms with van der Waals surface area (Å²) in [6.07, 6.45) is 0. The third-order valence-electron chi connectivity index (χ3n) is 3.64. The van der Waals surface area contributed by atoms with E-state index in [2.05, 4.69) is 4.98 Å². The zero-order valence-electron chi connectivity index (χ0n) is 13.0. The number of fused-ring (bicyclic) bond motifs is 1. The second-order valence-corrected chi connectivity index (χ2v) is 5.85. The van der Waals surface area contributed by atoms with E-state index in [1.165, 1.54) is 14.2 Å². The Balaban J connectivity index is 2.52. The van der Waals surface area contributed by atoms with E-state index < -0.39 is 5.97 Å². The minimum atomic E-state index is -0.559. The minimum absolute atomic E-state index is 0.173. The lowest BCUT2D eigenvalue weighted by Crippen LogP contribution is -2.09. The maximum atomic E-state index is 12.4. The number of carbonyl (C=O) groups excluding carboxylic acids is 1. The van der Waals surface area contributed by atoms with Gasteiger partial charge in [-0.25, -0.2) is 9.78 Å². The average Bonchev–Trinajstić information content (AvgIpc) is 2.60. The molecule has 0 N–H and O–H groups in total. The van der Waals surface area contributed by atoms with Gasteiger partial charge in [-0.1, -0.05) is 41.4 Å². The van der Waals surface area contributed by atoms with Crippen LogP contribution in [0, 0.1) is 0 Å². The maximum Gasteiger partial charge on any atom is 0.344 e. The molecule has 0 saturated carbocycles. The van der Waals surface area contributed by atoms with Gasteiger partial charge >= 0.3 is 5.97 Å². The van der Waals surface area contributed by atoms with Gasteiger partial charge in [0.2, 0.25) is 5.88 Å². The Morgan fingerprint density at radius 1 is 1.08 bits per heavy atom. The summed E-state index contributed by atoms with van der Waals surface area (Å²) < 4.78 is 10.2. The topological polar surface area (TPSA) is 48.4 Å². The van der Waals surface area contributed by atoms with Crippen molar-refractivity contribution >= 4 is 40.1 Å². The SMILES string of the molecule is COC(=O)c1c(OC)nc2ccc(Cl)cc2c1-c1ccccc1Cl. The molecule has 4 nitrogen and oxygen atoms in total. The predicted octanol–water partition coefficient (Wildman–Crippen LogP) is 5.00. The molecule has 6 heteroatoms. The Hall–Kier alpha value is -2.30. The van der Waals surface area contributed by atoms with E-state index in [-0.39, 0.29) is 11.4 Å². The van der Waals surface area contributed by atoms with Crippen LogP contribution in [0.4, 0.5) is 0 Å². The number of hydrogen-bond donors (Lipinski definition) is 0. The number of benzene rings is 2. The van der Waals surface area contributed by atoms with Crippen LogP contribution in [0.2, 0.25) is 10.0 Å². The highest BCUT2D eigenvalue weighted by molar-refractivity contribution is 6.34. The molecule has 0 atom stereocenters. The molecule has 3 rings (SSSR count). The molecule has 0 fully saturated rings. The Kier molecular flexibility index (Phi) is 4.60. The van der Waals surface area contributed by atoms with E-state index in [0.29, 0.717) is 32.1 Å². The van der Waals surface area contributed by atoms with E-state index >= 15 is 0 Å². The molecule has 0 amide bonds. The monoisotopic (exact) mass is 361 g/mol. The highest BCUT2D eigenvalue weighted by Gasteiger charge is 2.25. The van der Waals surface area contributed by atoms with Crippen LogP contribution in [0.15, 0.2) is 42.5 Å². The van der Waals surface area contributed by atoms with Crippen LogP contribution in [-0.4, -0.2) is 25.2 Å². The van der Waals surface area contributed by atoms with Crippen LogP contribution in [0.5, 0.6) is 5.88 Å². The molecule has 0 spiro atoms. The largest absolute Gasteiger partial charge is 0.480 e. The summed E-state index contributed by atoms with van der Waals surface area (Å²) in [7, 11) is 2.76. The van der Waals surface area contributed by atoms with Crippen LogP contribution >= 0.6 is 23.2 Å². The molecule has 122 valence electrons. The van der Waals surface area contributed by atoms with Crippen LogP contribution in [0.1, 0.15) is 10.4 Å². The molecule has 3 aromatic rings. The highest BCUT2D eigenvalue weighted by atomic mass is 35.5. The summed E-state index contributed by atoms with van der Waals surface area (Å²) >= 11 is 12.5. The lowest BCUT2D eigenvalue weighted by atomic mass is 9.96. The standard InChI is InChI=1S/C18H13Cl2NO3/c1-23-17-16(18(22)24-2)15(11-5-3-4-6-13(11)20)12-9-10(19)7-8-14(12)21-17/h3-9H,1-2H3. The first kappa shape index (κ1) is 16.6. The first-order valence-electron chi connectivity index (χ1n) is 7.07. The summed E-state index contributed by atoms with van der Waals surface area (Å²) in [5, 5.41) is 1.72. The molecule has 0 bridgehead atoms. The van der Waals surface area contributed by atoms with Crippen LogP contribution in [-0.2, 0) is 4.74 Å². The van der Waals surface area contributed by atoms with Crippen molar-refractivity contribution in [2.45, 2.75) is 0 Å². The predicted molar refractivity (Wildman–Crippen MR) is 95.1 cm³/mol. The van der Waals surface area contributed by atoms with Gasteiger partial charge in [0.15, 0.2) is 0 Å². The van der Waals surface area contributed by atoms with Crippen molar-refractivity contribution < 1.29 is 14.3 Å². The molecular weight excluding hydrogens is 349 g/mol. The van der Waals surface area contributed by atoms with Gasteiger partial charge in [0.05, 0.1) is 19.7 Å². The van der Waals surface area contributed by atoms with E-state index in [4.69, 9.17) is 32.7 Å². The number of pyridine rings is 1. The van der Waals surface area contributed by atoms with Crippen LogP contribution < -0.4 is 4.74 Å². The number of ether oxygens (including phenoxy) is 2. The summed E-state index contributed by atoms with van der Waals surface area (Å²) in [4.78, 5) is 16.8. The molecule has 2 aromatic carbocycles. The number of carbonyl (C=O) groups is 1. The second-order valence-electron chi connectivity index (χ2n) is 5.00. The third kappa shape index (κ3) is 2.79. The number of esters is 1. The van der Waals surface area contributed by atoms with Crippen molar-refractivity contribution in [2.24, 2.45) is 0 Å². The average molecular weight is 362 g/mol. The Morgan fingerprint density at radius 3 is 2.50 bits per heavy atom. The van der Waals surface area contributed by atoms with E-state index in [9.17, 15) is 4.79 Å². The van der Waals surface area contributed by atoms with Crippen molar-refractivity contribution in [1.29, 1.82) is 0 Å². The number of halogens is 2. The van der Waals surface area contributed by atoms with Crippen molar-refractivity contribution in [1.82, 2.24) is 4.98 Å². The molecule has 0 aliphatic carbocycles. The molecule has 24 heavy (non-hydrogen) atoms. The lowest BCUT2D eigenvalue weighted by molar-refractivity contribution is 0.0597. The van der Waals surface area contributed by atoms with Crippen LogP contribution in [0.25, 0.3) is 22.0 Å². The normalized spacial score (nSPS) is 10.7. The first-order valence-corrected chi connectivity index (χ1v) is 7.83. The van der Waals surface area contributed by atoms with Gasteiger partial charge < -0.3 is 9.47 Å². The van der Waals surface area contributed by atoms with E-state index in [0.717, 1.165) is 0 Å². The Labute approximate surface area is 148 Å². The molecule has 0 aliphatic heterocycles. The molecule has 0 unspecified atom stereocenters. The van der Waals surface area contributed by atoms with Gasteiger partial charge in [-0.15, -0.1) is 0 Å². The Bertz CT molecular complexity index is 941. The first-order chi connectivity index (χ1) is 11.6. The van der Waals surface area contributed by atoms with Gasteiger partial charge in [0, 0.05) is 26.6 Å². The van der Waals surface area contributed by atoms with Gasteiger partial charge in [0.25, 0.3) is 0 Å². The molecule has 1 aromatic heterocycles. The lowest BCUT2D eigenvalue weighted by Gasteiger charge is -2.16. The van der Waals surface area contributed by atoms with Crippen molar-refractivity contribution in [3.8, 4) is 17.0 Å². The fraction of sp³-hybridized carbons (Fsp3) is 0.111. The maximum absolute atomic E-state index is 12.4. The van der Waals surface area contributed by atoms with Gasteiger partial charge in [-0.2, -0.15) is 0 Å². The molecule has 1 heterocycles. The van der Waals surface area contributed by atoms with E-state index in [1.807, 2.05) is 18.2 Å². The molecule has 0 aliphatic rings. The summed E-state index contributed by atoms with van der Waals surface area (Å²) in [6, 6.07) is 12.5. The van der Waals surface area contributed by atoms with Crippen molar-refractivity contribution in [2.75, 3.05) is 14.2 Å². The number of methoxy groups -OCH3 is 2. The minimum Gasteiger partial charge on any atom is -0.480 e. The summed E-state index contributed by atoms with van der Waals surface area (Å²) in [6.45, 7) is 0. The molecular formula is C18H13Cl2NO3. The van der Waals surface area contributed by atoms with E-state index in [1.54, 1.807) is 24.3 Å². The van der Waals surface area contributed by atoms with Gasteiger partial charge in [-0.3, -0.25) is 0 Å². The number of nitrogens with zero attached hydrogens (tertiary/aromatic N) is 1. The number of hydrogen-bond acceptors (Lipinski definition) is 4. The van der Waals surface area contributed by atoms with Crippen molar-refractivity contribution in [3.05, 3.63) is 58.1 Å². The number of rotatable bonds is 3. The zero-order valence-corrected chi connectivity index (χ0v) is 14.5. The third-order valence-corrected chi connectivity index (χ3v) is 4.20. The van der Waals surface area contributed by atoms with Gasteiger partial charge in [0.1, 0.15) is 5.56 Å². The smallest absolute Gasteiger partial charge is 0.344 e. The van der Waals surface area contributed by atoms with Crippen molar-refractivity contribution in [3.63, 3.8) is 0 Å². The van der Waals surface area contributed by atoms with Gasteiger partial charge in [-0.05, 0) is 24.3 Å². The summed E-state index contributed by atoms with van der Waals surface area (Å²) in [5.41, 5.74) is 2.10. The second kappa shape index (κ2) is 6.67. The quantitative estimate of drug-likeness (QED) is 0.615. The zero-order chi connectivity index (χ0) is 17.3. The summed E-state index contributed by atoms with van der Waals surface area (Å²) in [5.74, 6) is -0.386. The van der Waals surface area contributed by atoms with Crippen LogP contribution in [0.3, 0.4) is 0 Å². The fourth-order valence-electron chi connectivity index (χ4n) is 2.60. The Morgan fingerprint density at radius 2 is 1.83 bits per heavy atom.